The molecule has 19 heavy (non-hydrogen) atoms. The third-order valence-electron chi connectivity index (χ3n) is 2.50. The molecule has 0 fully saturated rings. The standard InChI is InChI=1S/C12H8S6Se/c1-2-8(19-7(1)9-13-3-4-14-9)10-17-11-12(18-10)16-6-5-15-11/h1-4H,5-6H2. The van der Waals surface area contributed by atoms with Gasteiger partial charge in [0, 0.05) is 0 Å². The maximum absolute atomic E-state index is 2.35. The number of hydrogen-bond acceptors (Lipinski definition) is 6. The molecule has 0 unspecified atom stereocenters. The molecule has 0 saturated heterocycles. The normalized spacial score (nSPS) is 22.5. The molecule has 1 aromatic heterocycles. The maximum atomic E-state index is 2.35. The molecule has 0 aromatic carbocycles. The Labute approximate surface area is 143 Å². The van der Waals surface area contributed by atoms with E-state index in [4.69, 9.17) is 0 Å². The van der Waals surface area contributed by atoms with Gasteiger partial charge in [-0.05, 0) is 0 Å². The van der Waals surface area contributed by atoms with Crippen molar-refractivity contribution in [1.29, 1.82) is 0 Å². The van der Waals surface area contributed by atoms with E-state index in [1.807, 2.05) is 70.6 Å². The van der Waals surface area contributed by atoms with Crippen LogP contribution in [0.15, 0.2) is 31.4 Å². The molecule has 0 radical (unpaired) electrons. The van der Waals surface area contributed by atoms with Crippen LogP contribution in [0.1, 0.15) is 0 Å². The van der Waals surface area contributed by atoms with Gasteiger partial charge in [-0.15, -0.1) is 0 Å². The molecule has 3 aliphatic rings. The molecule has 7 heteroatoms. The minimum atomic E-state index is 0.501. The van der Waals surface area contributed by atoms with E-state index in [0.29, 0.717) is 14.5 Å². The van der Waals surface area contributed by atoms with Crippen molar-refractivity contribution >= 4 is 93.5 Å². The van der Waals surface area contributed by atoms with Crippen molar-refractivity contribution in [2.24, 2.45) is 0 Å². The van der Waals surface area contributed by atoms with Gasteiger partial charge in [0.1, 0.15) is 0 Å². The fourth-order valence-electron chi connectivity index (χ4n) is 1.70. The van der Waals surface area contributed by atoms with Crippen molar-refractivity contribution in [2.75, 3.05) is 11.5 Å². The number of thioether (sulfide) groups is 6. The second kappa shape index (κ2) is 6.21. The summed E-state index contributed by atoms with van der Waals surface area (Å²) in [5, 5.41) is 4.38. The van der Waals surface area contributed by atoms with Crippen LogP contribution in [0.25, 0.3) is 8.47 Å². The molecule has 98 valence electrons. The van der Waals surface area contributed by atoms with Crippen molar-refractivity contribution < 1.29 is 0 Å². The van der Waals surface area contributed by atoms with Gasteiger partial charge in [0.15, 0.2) is 0 Å². The van der Waals surface area contributed by atoms with E-state index >= 15 is 0 Å². The minimum absolute atomic E-state index is 0.501. The van der Waals surface area contributed by atoms with Crippen LogP contribution in [0.4, 0.5) is 0 Å². The third kappa shape index (κ3) is 2.95. The van der Waals surface area contributed by atoms with Crippen molar-refractivity contribution in [3.63, 3.8) is 0 Å². The molecule has 4 heterocycles. The average molecular weight is 424 g/mol. The summed E-state index contributed by atoms with van der Waals surface area (Å²) in [4.78, 5) is 0. The summed E-state index contributed by atoms with van der Waals surface area (Å²) in [6, 6.07) is 4.69. The summed E-state index contributed by atoms with van der Waals surface area (Å²) in [5.74, 6) is 2.55. The first-order valence-electron chi connectivity index (χ1n) is 5.58. The van der Waals surface area contributed by atoms with Crippen LogP contribution in [0.3, 0.4) is 0 Å². The van der Waals surface area contributed by atoms with Gasteiger partial charge in [0.2, 0.25) is 0 Å². The van der Waals surface area contributed by atoms with E-state index in [1.54, 1.807) is 20.9 Å². The molecule has 4 rings (SSSR count). The first-order valence-corrected chi connectivity index (χ1v) is 12.7. The Balaban J connectivity index is 1.70. The van der Waals surface area contributed by atoms with E-state index in [0.717, 1.165) is 0 Å². The molecule has 0 spiro atoms. The zero-order valence-corrected chi connectivity index (χ0v) is 16.2. The predicted molar refractivity (Wildman–Crippen MR) is 101 cm³/mol. The van der Waals surface area contributed by atoms with Crippen molar-refractivity contribution in [2.45, 2.75) is 0 Å². The second-order valence-corrected chi connectivity index (χ2v) is 13.1. The van der Waals surface area contributed by atoms with Gasteiger partial charge in [0.05, 0.1) is 0 Å². The first kappa shape index (κ1) is 13.9. The van der Waals surface area contributed by atoms with Crippen LogP contribution in [0.2, 0.25) is 0 Å². The number of rotatable bonds is 0. The van der Waals surface area contributed by atoms with E-state index < -0.39 is 0 Å². The Morgan fingerprint density at radius 1 is 0.737 bits per heavy atom. The summed E-state index contributed by atoms with van der Waals surface area (Å²) < 4.78 is 9.27. The first-order chi connectivity index (χ1) is 9.40. The third-order valence-corrected chi connectivity index (χ3v) is 14.0. The Morgan fingerprint density at radius 2 is 1.32 bits per heavy atom. The van der Waals surface area contributed by atoms with E-state index in [9.17, 15) is 0 Å². The van der Waals surface area contributed by atoms with Crippen LogP contribution >= 0.6 is 70.6 Å². The molecule has 0 N–H and O–H groups in total. The van der Waals surface area contributed by atoms with Gasteiger partial charge in [-0.1, -0.05) is 0 Å². The molecule has 1 aromatic rings. The van der Waals surface area contributed by atoms with Gasteiger partial charge < -0.3 is 0 Å². The van der Waals surface area contributed by atoms with E-state index in [2.05, 4.69) is 22.9 Å². The van der Waals surface area contributed by atoms with Crippen LogP contribution in [-0.2, 0) is 0 Å². The second-order valence-electron chi connectivity index (χ2n) is 3.72. The molecule has 3 aliphatic heterocycles. The molecule has 0 aliphatic carbocycles. The fourth-order valence-corrected chi connectivity index (χ4v) is 12.5. The van der Waals surface area contributed by atoms with Crippen molar-refractivity contribution in [1.82, 2.24) is 0 Å². The van der Waals surface area contributed by atoms with Gasteiger partial charge >= 0.3 is 145 Å². The van der Waals surface area contributed by atoms with Crippen molar-refractivity contribution in [3.8, 4) is 0 Å². The summed E-state index contributed by atoms with van der Waals surface area (Å²) in [6.45, 7) is 0. The van der Waals surface area contributed by atoms with Gasteiger partial charge in [-0.2, -0.15) is 0 Å². The zero-order valence-electron chi connectivity index (χ0n) is 9.58. The zero-order chi connectivity index (χ0) is 12.7. The van der Waals surface area contributed by atoms with E-state index in [-0.39, 0.29) is 0 Å². The van der Waals surface area contributed by atoms with Crippen LogP contribution < -0.4 is 8.19 Å². The Kier molecular flexibility index (Phi) is 4.56. The summed E-state index contributed by atoms with van der Waals surface area (Å²) in [5.41, 5.74) is 0. The van der Waals surface area contributed by atoms with Crippen LogP contribution in [0, 0.1) is 0 Å². The molecule has 0 atom stereocenters. The molecular formula is C12H8S6Se. The number of hydrogen-bond donors (Lipinski definition) is 0. The predicted octanol–water partition coefficient (Wildman–Crippen LogP) is 3.91. The molecule has 0 bridgehead atoms. The Bertz CT molecular complexity index is 668. The Morgan fingerprint density at radius 3 is 1.95 bits per heavy atom. The molecule has 0 saturated carbocycles. The SMILES string of the molecule is C1=CSC(=c2ccc(=C3SC4=C(SCCS4)S3)[se]2)S1. The molecular weight excluding hydrogens is 415 g/mol. The quantitative estimate of drug-likeness (QED) is 0.576. The Hall–Kier alpha value is 1.32. The van der Waals surface area contributed by atoms with Crippen LogP contribution in [0.5, 0.6) is 0 Å². The van der Waals surface area contributed by atoms with Gasteiger partial charge in [0.25, 0.3) is 0 Å². The summed E-state index contributed by atoms with van der Waals surface area (Å²) in [7, 11) is 0. The van der Waals surface area contributed by atoms with E-state index in [1.165, 1.54) is 15.7 Å². The molecule has 0 nitrogen and oxygen atoms in total. The molecule has 0 amide bonds. The van der Waals surface area contributed by atoms with Gasteiger partial charge in [-0.3, -0.25) is 0 Å². The van der Waals surface area contributed by atoms with Gasteiger partial charge in [-0.25, -0.2) is 0 Å². The topological polar surface area (TPSA) is 0 Å². The van der Waals surface area contributed by atoms with Crippen LogP contribution in [-0.4, -0.2) is 26.0 Å². The van der Waals surface area contributed by atoms with Crippen molar-refractivity contribution in [3.05, 3.63) is 39.6 Å². The monoisotopic (exact) mass is 424 g/mol. The average Bonchev–Trinajstić information content (AvgIpc) is 3.17. The summed E-state index contributed by atoms with van der Waals surface area (Å²) >= 11 is 12.4. The fraction of sp³-hybridized carbons (Fsp3) is 0.167. The summed E-state index contributed by atoms with van der Waals surface area (Å²) in [6.07, 6.45) is 0.